The summed E-state index contributed by atoms with van der Waals surface area (Å²) in [6.45, 7) is 3.40. The molecule has 1 N–H and O–H groups in total. The summed E-state index contributed by atoms with van der Waals surface area (Å²) in [6, 6.07) is 14.5. The Bertz CT molecular complexity index is 856. The molecule has 24 heavy (non-hydrogen) atoms. The Morgan fingerprint density at radius 1 is 1.12 bits per heavy atom. The van der Waals surface area contributed by atoms with E-state index in [1.165, 1.54) is 5.56 Å². The first-order valence-electron chi connectivity index (χ1n) is 8.41. The fraction of sp³-hybridized carbons (Fsp3) is 0.316. The van der Waals surface area contributed by atoms with Crippen molar-refractivity contribution in [3.8, 4) is 11.5 Å². The Kier molecular flexibility index (Phi) is 3.19. The summed E-state index contributed by atoms with van der Waals surface area (Å²) in [5.74, 6) is 3.30. The Morgan fingerprint density at radius 2 is 2.04 bits per heavy atom. The second-order valence-corrected chi connectivity index (χ2v) is 6.55. The van der Waals surface area contributed by atoms with Crippen molar-refractivity contribution in [2.45, 2.75) is 18.9 Å². The van der Waals surface area contributed by atoms with Crippen LogP contribution in [0, 0.1) is 0 Å². The van der Waals surface area contributed by atoms with E-state index in [0.717, 1.165) is 54.4 Å². The zero-order chi connectivity index (χ0) is 15.9. The molecule has 0 saturated carbocycles. The van der Waals surface area contributed by atoms with Crippen LogP contribution >= 0.6 is 0 Å². The molecule has 1 fully saturated rings. The van der Waals surface area contributed by atoms with Crippen LogP contribution in [-0.2, 0) is 6.54 Å². The lowest BCUT2D eigenvalue weighted by atomic mass is 10.1. The van der Waals surface area contributed by atoms with Gasteiger partial charge in [0.15, 0.2) is 11.5 Å². The average molecular weight is 321 g/mol. The number of hydrogen-bond donors (Lipinski definition) is 1. The Morgan fingerprint density at radius 3 is 3.00 bits per heavy atom. The van der Waals surface area contributed by atoms with Crippen molar-refractivity contribution in [3.05, 3.63) is 53.9 Å². The van der Waals surface area contributed by atoms with Gasteiger partial charge in [-0.2, -0.15) is 0 Å². The van der Waals surface area contributed by atoms with E-state index in [9.17, 15) is 0 Å². The van der Waals surface area contributed by atoms with Crippen LogP contribution in [0.15, 0.2) is 42.5 Å². The largest absolute Gasteiger partial charge is 0.454 e. The third-order valence-electron chi connectivity index (χ3n) is 4.91. The van der Waals surface area contributed by atoms with Gasteiger partial charge in [0.1, 0.15) is 5.82 Å². The standard InChI is InChI=1S/C19H19N3O2/c1-2-4-16-15(3-1)20-19(21-16)14-7-8-22(11-14)10-13-5-6-17-18(9-13)24-12-23-17/h1-6,9,14H,7-8,10-12H2,(H,20,21)/t14-/m0/s1. The number of rotatable bonds is 3. The van der Waals surface area contributed by atoms with Crippen molar-refractivity contribution in [2.24, 2.45) is 0 Å². The summed E-state index contributed by atoms with van der Waals surface area (Å²) in [5, 5.41) is 0. The minimum absolute atomic E-state index is 0.330. The number of aromatic nitrogens is 2. The molecule has 5 heteroatoms. The van der Waals surface area contributed by atoms with Crippen molar-refractivity contribution < 1.29 is 9.47 Å². The normalized spacial score (nSPS) is 20.1. The van der Waals surface area contributed by atoms with E-state index in [4.69, 9.17) is 14.5 Å². The van der Waals surface area contributed by atoms with Crippen LogP contribution < -0.4 is 9.47 Å². The van der Waals surface area contributed by atoms with E-state index in [1.54, 1.807) is 0 Å². The molecule has 5 nitrogen and oxygen atoms in total. The van der Waals surface area contributed by atoms with Crippen molar-refractivity contribution in [1.29, 1.82) is 0 Å². The molecule has 122 valence electrons. The van der Waals surface area contributed by atoms with E-state index in [1.807, 2.05) is 18.2 Å². The fourth-order valence-electron chi connectivity index (χ4n) is 3.66. The molecule has 1 saturated heterocycles. The molecule has 0 aliphatic carbocycles. The predicted octanol–water partition coefficient (Wildman–Crippen LogP) is 3.28. The van der Waals surface area contributed by atoms with Crippen molar-refractivity contribution >= 4 is 11.0 Å². The third-order valence-corrected chi connectivity index (χ3v) is 4.91. The number of imidazole rings is 1. The lowest BCUT2D eigenvalue weighted by Gasteiger charge is -2.15. The van der Waals surface area contributed by atoms with Crippen molar-refractivity contribution in [2.75, 3.05) is 19.9 Å². The summed E-state index contributed by atoms with van der Waals surface area (Å²) in [4.78, 5) is 10.7. The summed E-state index contributed by atoms with van der Waals surface area (Å²) in [7, 11) is 0. The second kappa shape index (κ2) is 5.53. The fourth-order valence-corrected chi connectivity index (χ4v) is 3.66. The van der Waals surface area contributed by atoms with Crippen molar-refractivity contribution in [3.63, 3.8) is 0 Å². The van der Waals surface area contributed by atoms with Gasteiger partial charge < -0.3 is 14.5 Å². The van der Waals surface area contributed by atoms with Gasteiger partial charge in [0, 0.05) is 19.0 Å². The van der Waals surface area contributed by atoms with Crippen LogP contribution in [0.25, 0.3) is 11.0 Å². The maximum absolute atomic E-state index is 5.47. The molecule has 0 bridgehead atoms. The van der Waals surface area contributed by atoms with Crippen LogP contribution in [0.3, 0.4) is 0 Å². The van der Waals surface area contributed by atoms with E-state index in [2.05, 4.69) is 34.1 Å². The zero-order valence-corrected chi connectivity index (χ0v) is 13.4. The highest BCUT2D eigenvalue weighted by Gasteiger charge is 2.26. The number of likely N-dealkylation sites (tertiary alicyclic amines) is 1. The summed E-state index contributed by atoms with van der Waals surface area (Å²) >= 11 is 0. The van der Waals surface area contributed by atoms with Gasteiger partial charge in [0.25, 0.3) is 0 Å². The van der Waals surface area contributed by atoms with Gasteiger partial charge in [0.2, 0.25) is 6.79 Å². The molecule has 3 heterocycles. The Labute approximate surface area is 140 Å². The predicted molar refractivity (Wildman–Crippen MR) is 91.3 cm³/mol. The molecule has 0 spiro atoms. The quantitative estimate of drug-likeness (QED) is 0.804. The molecule has 0 radical (unpaired) electrons. The summed E-state index contributed by atoms with van der Waals surface area (Å²) < 4.78 is 10.9. The first-order chi connectivity index (χ1) is 11.8. The SMILES string of the molecule is c1ccc2[nH]c([C@H]3CCN(Cc4ccc5c(c4)OCO5)C3)nc2c1. The van der Waals surface area contributed by atoms with Crippen LogP contribution in [0.5, 0.6) is 11.5 Å². The topological polar surface area (TPSA) is 50.4 Å². The van der Waals surface area contributed by atoms with Crippen LogP contribution in [0.2, 0.25) is 0 Å². The summed E-state index contributed by atoms with van der Waals surface area (Å²) in [5.41, 5.74) is 3.45. The minimum atomic E-state index is 0.330. The third kappa shape index (κ3) is 2.41. The lowest BCUT2D eigenvalue weighted by molar-refractivity contribution is 0.174. The highest BCUT2D eigenvalue weighted by Crippen LogP contribution is 2.34. The van der Waals surface area contributed by atoms with Crippen molar-refractivity contribution in [1.82, 2.24) is 14.9 Å². The molecule has 5 rings (SSSR count). The highest BCUT2D eigenvalue weighted by molar-refractivity contribution is 5.74. The molecular weight excluding hydrogens is 302 g/mol. The van der Waals surface area contributed by atoms with E-state index < -0.39 is 0 Å². The zero-order valence-electron chi connectivity index (χ0n) is 13.4. The maximum Gasteiger partial charge on any atom is 0.231 e. The molecule has 2 aliphatic rings. The number of para-hydroxylation sites is 2. The van der Waals surface area contributed by atoms with Gasteiger partial charge in [0.05, 0.1) is 11.0 Å². The van der Waals surface area contributed by atoms with E-state index in [-0.39, 0.29) is 0 Å². The highest BCUT2D eigenvalue weighted by atomic mass is 16.7. The van der Waals surface area contributed by atoms with Crippen LogP contribution in [0.1, 0.15) is 23.7 Å². The molecule has 2 aromatic carbocycles. The first-order valence-corrected chi connectivity index (χ1v) is 8.41. The molecular formula is C19H19N3O2. The number of ether oxygens (including phenoxy) is 2. The first kappa shape index (κ1) is 13.9. The van der Waals surface area contributed by atoms with Crippen LogP contribution in [0.4, 0.5) is 0 Å². The van der Waals surface area contributed by atoms with Gasteiger partial charge in [-0.15, -0.1) is 0 Å². The van der Waals surface area contributed by atoms with Crippen LogP contribution in [-0.4, -0.2) is 34.8 Å². The van der Waals surface area contributed by atoms with Gasteiger partial charge in [-0.3, -0.25) is 4.90 Å². The minimum Gasteiger partial charge on any atom is -0.454 e. The van der Waals surface area contributed by atoms with Gasteiger partial charge in [-0.25, -0.2) is 4.98 Å². The van der Waals surface area contributed by atoms with E-state index >= 15 is 0 Å². The Balaban J connectivity index is 1.30. The number of fused-ring (bicyclic) bond motifs is 2. The number of H-pyrrole nitrogens is 1. The van der Waals surface area contributed by atoms with E-state index in [0.29, 0.717) is 12.7 Å². The van der Waals surface area contributed by atoms with Gasteiger partial charge in [-0.05, 0) is 42.8 Å². The molecule has 0 unspecified atom stereocenters. The monoisotopic (exact) mass is 321 g/mol. The van der Waals surface area contributed by atoms with Gasteiger partial charge in [-0.1, -0.05) is 18.2 Å². The maximum atomic E-state index is 5.47. The summed E-state index contributed by atoms with van der Waals surface area (Å²) in [6.07, 6.45) is 1.14. The number of benzene rings is 2. The average Bonchev–Trinajstić information content (AvgIpc) is 3.33. The smallest absolute Gasteiger partial charge is 0.231 e. The molecule has 1 atom stereocenters. The number of nitrogens with one attached hydrogen (secondary N) is 1. The van der Waals surface area contributed by atoms with Gasteiger partial charge >= 0.3 is 0 Å². The second-order valence-electron chi connectivity index (χ2n) is 6.55. The molecule has 2 aliphatic heterocycles. The number of nitrogens with zero attached hydrogens (tertiary/aromatic N) is 2. The Hall–Kier alpha value is -2.53. The number of hydrogen-bond acceptors (Lipinski definition) is 4. The lowest BCUT2D eigenvalue weighted by Crippen LogP contribution is -2.19. The molecule has 1 aromatic heterocycles. The molecule has 3 aromatic rings. The molecule has 0 amide bonds. The number of aromatic amines is 1.